The normalized spacial score (nSPS) is 11.6. The van der Waals surface area contributed by atoms with Gasteiger partial charge in [-0.2, -0.15) is 0 Å². The largest absolute Gasteiger partial charge is 0.350 e. The van der Waals surface area contributed by atoms with Crippen molar-refractivity contribution in [3.63, 3.8) is 0 Å². The Kier molecular flexibility index (Phi) is 7.91. The van der Waals surface area contributed by atoms with E-state index in [9.17, 15) is 9.59 Å². The molecule has 1 aromatic carbocycles. The van der Waals surface area contributed by atoms with E-state index in [2.05, 4.69) is 20.9 Å². The molecular formula is C18H29N5O2. The average Bonchev–Trinajstić information content (AvgIpc) is 2.53. The Morgan fingerprint density at radius 2 is 1.64 bits per heavy atom. The van der Waals surface area contributed by atoms with Crippen molar-refractivity contribution < 1.29 is 9.59 Å². The van der Waals surface area contributed by atoms with Crippen LogP contribution in [0.25, 0.3) is 0 Å². The summed E-state index contributed by atoms with van der Waals surface area (Å²) >= 11 is 0. The highest BCUT2D eigenvalue weighted by Gasteiger charge is 2.14. The summed E-state index contributed by atoms with van der Waals surface area (Å²) in [5.74, 6) is 0.206. The Balaban J connectivity index is 2.66. The van der Waals surface area contributed by atoms with Crippen LogP contribution in [0, 0.1) is 0 Å². The number of aliphatic imine (C=N–C) groups is 1. The number of carbonyl (C=O) groups is 2. The van der Waals surface area contributed by atoms with Crippen molar-refractivity contribution in [3.05, 3.63) is 35.9 Å². The molecule has 138 valence electrons. The van der Waals surface area contributed by atoms with E-state index in [1.807, 2.05) is 51.1 Å². The number of amides is 2. The van der Waals surface area contributed by atoms with Crippen LogP contribution in [0.2, 0.25) is 0 Å². The van der Waals surface area contributed by atoms with Gasteiger partial charge in [0.05, 0.1) is 19.6 Å². The van der Waals surface area contributed by atoms with Crippen LogP contribution in [-0.2, 0) is 16.1 Å². The number of rotatable bonds is 6. The number of nitrogens with zero attached hydrogens (tertiary/aromatic N) is 2. The highest BCUT2D eigenvalue weighted by molar-refractivity contribution is 5.89. The van der Waals surface area contributed by atoms with E-state index in [1.54, 1.807) is 14.1 Å². The van der Waals surface area contributed by atoms with Crippen molar-refractivity contribution in [3.8, 4) is 0 Å². The Labute approximate surface area is 149 Å². The van der Waals surface area contributed by atoms with Crippen LogP contribution < -0.4 is 16.0 Å². The molecule has 7 heteroatoms. The molecule has 0 bridgehead atoms. The molecule has 0 spiro atoms. The fourth-order valence-corrected chi connectivity index (χ4v) is 1.87. The van der Waals surface area contributed by atoms with E-state index in [1.165, 1.54) is 4.90 Å². The van der Waals surface area contributed by atoms with Crippen LogP contribution in [0.4, 0.5) is 0 Å². The number of likely N-dealkylation sites (N-methyl/N-ethyl adjacent to an activating group) is 1. The Morgan fingerprint density at radius 3 is 2.20 bits per heavy atom. The summed E-state index contributed by atoms with van der Waals surface area (Å²) in [6.07, 6.45) is 0. The van der Waals surface area contributed by atoms with Gasteiger partial charge in [0.1, 0.15) is 0 Å². The molecule has 25 heavy (non-hydrogen) atoms. The third-order valence-electron chi connectivity index (χ3n) is 3.10. The zero-order valence-electron chi connectivity index (χ0n) is 15.7. The van der Waals surface area contributed by atoms with Gasteiger partial charge in [-0.25, -0.2) is 4.99 Å². The van der Waals surface area contributed by atoms with Gasteiger partial charge in [0, 0.05) is 19.6 Å². The maximum atomic E-state index is 12.0. The zero-order valence-corrected chi connectivity index (χ0v) is 15.7. The second-order valence-corrected chi connectivity index (χ2v) is 6.94. The smallest absolute Gasteiger partial charge is 0.241 e. The molecule has 0 heterocycles. The SMILES string of the molecule is CN(C)C(=O)CNC(=NCc1ccccc1)NCC(=O)NC(C)(C)C. The first-order chi connectivity index (χ1) is 11.7. The number of hydrogen-bond acceptors (Lipinski definition) is 3. The molecule has 1 aromatic rings. The predicted molar refractivity (Wildman–Crippen MR) is 100 cm³/mol. The van der Waals surface area contributed by atoms with Crippen molar-refractivity contribution in [2.24, 2.45) is 4.99 Å². The first kappa shape index (κ1) is 20.5. The molecule has 1 rings (SSSR count). The maximum Gasteiger partial charge on any atom is 0.241 e. The molecule has 0 unspecified atom stereocenters. The summed E-state index contributed by atoms with van der Waals surface area (Å²) in [6, 6.07) is 9.77. The molecule has 0 atom stereocenters. The molecule has 0 saturated carbocycles. The van der Waals surface area contributed by atoms with Gasteiger partial charge >= 0.3 is 0 Å². The highest BCUT2D eigenvalue weighted by atomic mass is 16.2. The van der Waals surface area contributed by atoms with Gasteiger partial charge in [-0.15, -0.1) is 0 Å². The van der Waals surface area contributed by atoms with Gasteiger partial charge < -0.3 is 20.9 Å². The second kappa shape index (κ2) is 9.66. The summed E-state index contributed by atoms with van der Waals surface area (Å²) in [6.45, 7) is 6.39. The standard InChI is InChI=1S/C18H29N5O2/c1-18(2,3)22-15(24)12-20-17(21-13-16(25)23(4)5)19-11-14-9-7-6-8-10-14/h6-10H,11-13H2,1-5H3,(H,22,24)(H2,19,20,21). The van der Waals surface area contributed by atoms with Gasteiger partial charge in [0.2, 0.25) is 11.8 Å². The molecule has 0 aliphatic rings. The third-order valence-corrected chi connectivity index (χ3v) is 3.10. The minimum Gasteiger partial charge on any atom is -0.350 e. The van der Waals surface area contributed by atoms with E-state index < -0.39 is 0 Å². The monoisotopic (exact) mass is 347 g/mol. The van der Waals surface area contributed by atoms with Gasteiger partial charge in [0.25, 0.3) is 0 Å². The number of nitrogens with one attached hydrogen (secondary N) is 3. The quantitative estimate of drug-likeness (QED) is 0.523. The topological polar surface area (TPSA) is 85.8 Å². The van der Waals surface area contributed by atoms with Crippen LogP contribution in [0.5, 0.6) is 0 Å². The van der Waals surface area contributed by atoms with Crippen LogP contribution in [0.3, 0.4) is 0 Å². The molecule has 0 aliphatic heterocycles. The van der Waals surface area contributed by atoms with Gasteiger partial charge in [-0.3, -0.25) is 9.59 Å². The fourth-order valence-electron chi connectivity index (χ4n) is 1.87. The van der Waals surface area contributed by atoms with Gasteiger partial charge in [-0.1, -0.05) is 30.3 Å². The lowest BCUT2D eigenvalue weighted by molar-refractivity contribution is -0.127. The Morgan fingerprint density at radius 1 is 1.04 bits per heavy atom. The third kappa shape index (κ3) is 9.34. The van der Waals surface area contributed by atoms with Crippen molar-refractivity contribution >= 4 is 17.8 Å². The van der Waals surface area contributed by atoms with E-state index in [-0.39, 0.29) is 30.4 Å². The summed E-state index contributed by atoms with van der Waals surface area (Å²) in [7, 11) is 3.38. The van der Waals surface area contributed by atoms with Crippen molar-refractivity contribution in [2.45, 2.75) is 32.9 Å². The molecule has 0 aromatic heterocycles. The molecule has 2 amide bonds. The molecule has 3 N–H and O–H groups in total. The summed E-state index contributed by atoms with van der Waals surface area (Å²) in [5, 5.41) is 8.79. The van der Waals surface area contributed by atoms with E-state index in [0.29, 0.717) is 12.5 Å². The van der Waals surface area contributed by atoms with Gasteiger partial charge in [-0.05, 0) is 26.3 Å². The van der Waals surface area contributed by atoms with Crippen molar-refractivity contribution in [2.75, 3.05) is 27.2 Å². The van der Waals surface area contributed by atoms with E-state index in [0.717, 1.165) is 5.56 Å². The average molecular weight is 347 g/mol. The summed E-state index contributed by atoms with van der Waals surface area (Å²) in [5.41, 5.74) is 0.746. The summed E-state index contributed by atoms with van der Waals surface area (Å²) in [4.78, 5) is 29.6. The summed E-state index contributed by atoms with van der Waals surface area (Å²) < 4.78 is 0. The number of hydrogen-bond donors (Lipinski definition) is 3. The molecule has 0 saturated heterocycles. The minimum absolute atomic E-state index is 0.0756. The molecule has 0 aliphatic carbocycles. The maximum absolute atomic E-state index is 12.0. The van der Waals surface area contributed by atoms with Crippen molar-refractivity contribution in [1.29, 1.82) is 0 Å². The molecule has 0 radical (unpaired) electrons. The molecular weight excluding hydrogens is 318 g/mol. The predicted octanol–water partition coefficient (Wildman–Crippen LogP) is 0.725. The fraction of sp³-hybridized carbons (Fsp3) is 0.500. The molecule has 7 nitrogen and oxygen atoms in total. The number of benzene rings is 1. The van der Waals surface area contributed by atoms with Gasteiger partial charge in [0.15, 0.2) is 5.96 Å². The number of guanidine groups is 1. The van der Waals surface area contributed by atoms with Crippen LogP contribution >= 0.6 is 0 Å². The van der Waals surface area contributed by atoms with E-state index in [4.69, 9.17) is 0 Å². The minimum atomic E-state index is -0.297. The molecule has 0 fully saturated rings. The number of carbonyl (C=O) groups excluding carboxylic acids is 2. The Bertz CT molecular complexity index is 591. The Hall–Kier alpha value is -2.57. The zero-order chi connectivity index (χ0) is 18.9. The van der Waals surface area contributed by atoms with Crippen LogP contribution in [0.15, 0.2) is 35.3 Å². The van der Waals surface area contributed by atoms with Crippen molar-refractivity contribution in [1.82, 2.24) is 20.9 Å². The highest BCUT2D eigenvalue weighted by Crippen LogP contribution is 2.00. The van der Waals surface area contributed by atoms with E-state index >= 15 is 0 Å². The lowest BCUT2D eigenvalue weighted by atomic mass is 10.1. The lowest BCUT2D eigenvalue weighted by Crippen LogP contribution is -2.49. The first-order valence-corrected chi connectivity index (χ1v) is 8.24. The second-order valence-electron chi connectivity index (χ2n) is 6.94. The van der Waals surface area contributed by atoms with Crippen LogP contribution in [0.1, 0.15) is 26.3 Å². The van der Waals surface area contributed by atoms with Crippen LogP contribution in [-0.4, -0.2) is 55.4 Å². The first-order valence-electron chi connectivity index (χ1n) is 8.24. The lowest BCUT2D eigenvalue weighted by Gasteiger charge is -2.21.